The molecule has 0 N–H and O–H groups in total. The summed E-state index contributed by atoms with van der Waals surface area (Å²) in [6.45, 7) is 0.262. The number of benzene rings is 3. The number of hydrogen-bond acceptors (Lipinski definition) is 3. The smallest absolute Gasteiger partial charge is 0.343 e. The van der Waals surface area contributed by atoms with Crippen LogP contribution in [0.3, 0.4) is 0 Å². The standard InChI is InChI=1S/C21H14F2N2O2/c22-17-10-9-14(11-18(17)23)12-25-13-16-19(24-25)7-4-8-20(16)27-21(26)15-5-2-1-3-6-15/h1-11,13H,12H2. The van der Waals surface area contributed by atoms with Crippen molar-refractivity contribution >= 4 is 16.9 Å². The molecule has 1 aromatic heterocycles. The molecule has 4 aromatic rings. The van der Waals surface area contributed by atoms with E-state index in [-0.39, 0.29) is 6.54 Å². The quantitative estimate of drug-likeness (QED) is 0.393. The number of aromatic nitrogens is 2. The maximum atomic E-state index is 13.4. The molecular weight excluding hydrogens is 350 g/mol. The molecule has 6 heteroatoms. The summed E-state index contributed by atoms with van der Waals surface area (Å²) in [4.78, 5) is 12.3. The second kappa shape index (κ2) is 6.99. The lowest BCUT2D eigenvalue weighted by molar-refractivity contribution is 0.0737. The minimum absolute atomic E-state index is 0.262. The Hall–Kier alpha value is -3.54. The number of nitrogens with zero attached hydrogens (tertiary/aromatic N) is 2. The molecule has 0 fully saturated rings. The van der Waals surface area contributed by atoms with Crippen molar-refractivity contribution in [2.45, 2.75) is 6.54 Å². The molecule has 27 heavy (non-hydrogen) atoms. The van der Waals surface area contributed by atoms with Crippen LogP contribution >= 0.6 is 0 Å². The summed E-state index contributed by atoms with van der Waals surface area (Å²) in [5.41, 5.74) is 1.66. The van der Waals surface area contributed by atoms with Gasteiger partial charge >= 0.3 is 5.97 Å². The first-order valence-corrected chi connectivity index (χ1v) is 8.27. The lowest BCUT2D eigenvalue weighted by Crippen LogP contribution is -2.08. The average Bonchev–Trinajstić information content (AvgIpc) is 3.09. The van der Waals surface area contributed by atoms with Gasteiger partial charge in [-0.3, -0.25) is 4.68 Å². The Labute approximate surface area is 153 Å². The fourth-order valence-corrected chi connectivity index (χ4v) is 2.79. The van der Waals surface area contributed by atoms with Gasteiger partial charge in [0.1, 0.15) is 5.75 Å². The third kappa shape index (κ3) is 3.55. The molecular formula is C21H14F2N2O2. The Balaban J connectivity index is 1.62. The van der Waals surface area contributed by atoms with Crippen LogP contribution in [-0.4, -0.2) is 15.7 Å². The van der Waals surface area contributed by atoms with Crippen molar-refractivity contribution in [1.29, 1.82) is 0 Å². The lowest BCUT2D eigenvalue weighted by Gasteiger charge is -2.05. The van der Waals surface area contributed by atoms with Gasteiger partial charge in [-0.15, -0.1) is 0 Å². The largest absolute Gasteiger partial charge is 0.422 e. The van der Waals surface area contributed by atoms with Crippen LogP contribution in [0.2, 0.25) is 0 Å². The first kappa shape index (κ1) is 16.9. The van der Waals surface area contributed by atoms with Gasteiger partial charge in [-0.2, -0.15) is 5.10 Å². The summed E-state index contributed by atoms with van der Waals surface area (Å²) in [6, 6.07) is 17.6. The third-order valence-electron chi connectivity index (χ3n) is 4.10. The monoisotopic (exact) mass is 364 g/mol. The van der Waals surface area contributed by atoms with Crippen molar-refractivity contribution in [3.8, 4) is 5.75 Å². The topological polar surface area (TPSA) is 44.1 Å². The van der Waals surface area contributed by atoms with Gasteiger partial charge in [0.15, 0.2) is 11.6 Å². The predicted octanol–water partition coefficient (Wildman–Crippen LogP) is 4.58. The van der Waals surface area contributed by atoms with Gasteiger partial charge in [0.25, 0.3) is 0 Å². The van der Waals surface area contributed by atoms with Gasteiger partial charge in [-0.05, 0) is 42.0 Å². The molecule has 0 radical (unpaired) electrons. The van der Waals surface area contributed by atoms with E-state index in [1.807, 2.05) is 6.07 Å². The molecule has 0 aliphatic heterocycles. The Kier molecular flexibility index (Phi) is 4.38. The lowest BCUT2D eigenvalue weighted by atomic mass is 10.2. The predicted molar refractivity (Wildman–Crippen MR) is 96.6 cm³/mol. The minimum Gasteiger partial charge on any atom is -0.422 e. The molecule has 0 unspecified atom stereocenters. The fourth-order valence-electron chi connectivity index (χ4n) is 2.79. The number of carbonyl (C=O) groups excluding carboxylic acids is 1. The van der Waals surface area contributed by atoms with Crippen molar-refractivity contribution in [3.63, 3.8) is 0 Å². The molecule has 0 aliphatic carbocycles. The van der Waals surface area contributed by atoms with Crippen LogP contribution < -0.4 is 4.74 Å². The van der Waals surface area contributed by atoms with Crippen LogP contribution in [0.1, 0.15) is 15.9 Å². The summed E-state index contributed by atoms with van der Waals surface area (Å²) in [5, 5.41) is 5.07. The van der Waals surface area contributed by atoms with E-state index in [2.05, 4.69) is 5.10 Å². The molecule has 1 heterocycles. The van der Waals surface area contributed by atoms with E-state index < -0.39 is 17.6 Å². The maximum Gasteiger partial charge on any atom is 0.343 e. The number of fused-ring (bicyclic) bond motifs is 1. The highest BCUT2D eigenvalue weighted by molar-refractivity contribution is 5.94. The van der Waals surface area contributed by atoms with E-state index in [1.54, 1.807) is 53.3 Å². The molecule has 0 aliphatic rings. The molecule has 3 aromatic carbocycles. The van der Waals surface area contributed by atoms with Gasteiger partial charge in [-0.1, -0.05) is 30.3 Å². The highest BCUT2D eigenvalue weighted by Crippen LogP contribution is 2.26. The third-order valence-corrected chi connectivity index (χ3v) is 4.10. The zero-order valence-electron chi connectivity index (χ0n) is 14.1. The minimum atomic E-state index is -0.901. The van der Waals surface area contributed by atoms with E-state index in [4.69, 9.17) is 4.74 Å². The van der Waals surface area contributed by atoms with Gasteiger partial charge in [0.2, 0.25) is 0 Å². The SMILES string of the molecule is O=C(Oc1cccc2nn(Cc3ccc(F)c(F)c3)cc12)c1ccccc1. The second-order valence-corrected chi connectivity index (χ2v) is 6.02. The van der Waals surface area contributed by atoms with Crippen molar-refractivity contribution in [1.82, 2.24) is 9.78 Å². The molecule has 0 amide bonds. The van der Waals surface area contributed by atoms with Gasteiger partial charge in [0.05, 0.1) is 23.0 Å². The van der Waals surface area contributed by atoms with Gasteiger partial charge in [0, 0.05) is 6.20 Å². The zero-order chi connectivity index (χ0) is 18.8. The number of hydrogen-bond donors (Lipinski definition) is 0. The molecule has 0 atom stereocenters. The summed E-state index contributed by atoms with van der Waals surface area (Å²) >= 11 is 0. The van der Waals surface area contributed by atoms with Crippen molar-refractivity contribution < 1.29 is 18.3 Å². The van der Waals surface area contributed by atoms with Crippen molar-refractivity contribution in [2.75, 3.05) is 0 Å². The fraction of sp³-hybridized carbons (Fsp3) is 0.0476. The van der Waals surface area contributed by atoms with Crippen LogP contribution in [-0.2, 0) is 6.54 Å². The van der Waals surface area contributed by atoms with Gasteiger partial charge < -0.3 is 4.74 Å². The van der Waals surface area contributed by atoms with Crippen LogP contribution in [0.4, 0.5) is 8.78 Å². The molecule has 0 saturated carbocycles. The number of carbonyl (C=O) groups is 1. The van der Waals surface area contributed by atoms with Crippen molar-refractivity contribution in [3.05, 3.63) is 95.7 Å². The molecule has 4 rings (SSSR count). The molecule has 134 valence electrons. The van der Waals surface area contributed by atoms with Crippen LogP contribution in [0.5, 0.6) is 5.75 Å². The highest BCUT2D eigenvalue weighted by atomic mass is 19.2. The van der Waals surface area contributed by atoms with Gasteiger partial charge in [-0.25, -0.2) is 13.6 Å². The molecule has 0 saturated heterocycles. The molecule has 0 bridgehead atoms. The van der Waals surface area contributed by atoms with E-state index in [0.717, 1.165) is 12.1 Å². The van der Waals surface area contributed by atoms with E-state index >= 15 is 0 Å². The first-order chi connectivity index (χ1) is 13.1. The number of esters is 1. The number of rotatable bonds is 4. The first-order valence-electron chi connectivity index (χ1n) is 8.27. The average molecular weight is 364 g/mol. The normalized spacial score (nSPS) is 10.9. The number of ether oxygens (including phenoxy) is 1. The maximum absolute atomic E-state index is 13.4. The van der Waals surface area contributed by atoms with E-state index in [1.165, 1.54) is 6.07 Å². The summed E-state index contributed by atoms with van der Waals surface area (Å²) < 4.78 is 33.6. The van der Waals surface area contributed by atoms with Crippen LogP contribution in [0.25, 0.3) is 10.9 Å². The second-order valence-electron chi connectivity index (χ2n) is 6.02. The summed E-state index contributed by atoms with van der Waals surface area (Å²) in [7, 11) is 0. The molecule has 0 spiro atoms. The Morgan fingerprint density at radius 2 is 1.78 bits per heavy atom. The summed E-state index contributed by atoms with van der Waals surface area (Å²) in [5.74, 6) is -1.87. The number of halogens is 2. The Bertz CT molecular complexity index is 1120. The van der Waals surface area contributed by atoms with Crippen LogP contribution in [0.15, 0.2) is 72.9 Å². The molecule has 4 nitrogen and oxygen atoms in total. The van der Waals surface area contributed by atoms with Crippen LogP contribution in [0, 0.1) is 11.6 Å². The van der Waals surface area contributed by atoms with E-state index in [0.29, 0.717) is 27.8 Å². The Morgan fingerprint density at radius 1 is 0.963 bits per heavy atom. The highest BCUT2D eigenvalue weighted by Gasteiger charge is 2.13. The Morgan fingerprint density at radius 3 is 2.56 bits per heavy atom. The van der Waals surface area contributed by atoms with E-state index in [9.17, 15) is 13.6 Å². The summed E-state index contributed by atoms with van der Waals surface area (Å²) in [6.07, 6.45) is 1.71. The zero-order valence-corrected chi connectivity index (χ0v) is 14.1. The van der Waals surface area contributed by atoms with Crippen molar-refractivity contribution in [2.24, 2.45) is 0 Å².